The third kappa shape index (κ3) is 4.67. The van der Waals surface area contributed by atoms with Gasteiger partial charge in [-0.3, -0.25) is 0 Å². The van der Waals surface area contributed by atoms with Crippen LogP contribution in [0.4, 0.5) is 17.1 Å². The predicted octanol–water partition coefficient (Wildman–Crippen LogP) is 14.3. The Kier molecular flexibility index (Phi) is 6.78. The zero-order valence-corrected chi connectivity index (χ0v) is 29.4. The zero-order chi connectivity index (χ0) is 34.1. The maximum absolute atomic E-state index is 2.45. The van der Waals surface area contributed by atoms with E-state index >= 15 is 0 Å². The summed E-state index contributed by atoms with van der Waals surface area (Å²) < 4.78 is 2.60. The maximum atomic E-state index is 2.45. The molecule has 0 aliphatic heterocycles. The standard InChI is InChI=1S/C49H35NS/c1-49(2)42-22-10-8-20-39(42)46-41(31-35-16-6-7-19-38(35)48(46)49)33-26-28-36(29-27-33)50(37-18-12-17-34(30-37)32-14-4-3-5-15-32)43-23-13-25-45-47(43)40-21-9-11-24-44(40)51-45/h3-31H,1-2H3. The Bertz CT molecular complexity index is 2770. The fourth-order valence-corrected chi connectivity index (χ4v) is 9.63. The van der Waals surface area contributed by atoms with Gasteiger partial charge in [0.1, 0.15) is 0 Å². The highest BCUT2D eigenvalue weighted by Gasteiger charge is 2.38. The third-order valence-corrected chi connectivity index (χ3v) is 11.9. The predicted molar refractivity (Wildman–Crippen MR) is 220 cm³/mol. The molecule has 8 aromatic carbocycles. The van der Waals surface area contributed by atoms with Gasteiger partial charge in [-0.1, -0.05) is 141 Å². The summed E-state index contributed by atoms with van der Waals surface area (Å²) in [7, 11) is 0. The van der Waals surface area contributed by atoms with E-state index < -0.39 is 0 Å². The Morgan fingerprint density at radius 3 is 2.02 bits per heavy atom. The molecule has 0 saturated heterocycles. The Labute approximate surface area is 302 Å². The molecule has 0 spiro atoms. The first-order valence-corrected chi connectivity index (χ1v) is 18.5. The van der Waals surface area contributed by atoms with Gasteiger partial charge in [0.05, 0.1) is 5.69 Å². The molecule has 0 saturated carbocycles. The van der Waals surface area contributed by atoms with Crippen molar-refractivity contribution in [3.05, 3.63) is 187 Å². The van der Waals surface area contributed by atoms with Crippen LogP contribution in [0.3, 0.4) is 0 Å². The van der Waals surface area contributed by atoms with Crippen LogP contribution >= 0.6 is 11.3 Å². The van der Waals surface area contributed by atoms with Gasteiger partial charge in [0.15, 0.2) is 0 Å². The Morgan fingerprint density at radius 2 is 1.16 bits per heavy atom. The number of thiophene rings is 1. The first kappa shape index (κ1) is 29.9. The van der Waals surface area contributed by atoms with Gasteiger partial charge in [0, 0.05) is 37.0 Å². The van der Waals surface area contributed by atoms with Crippen LogP contribution in [0.15, 0.2) is 176 Å². The Hall–Kier alpha value is -5.96. The molecular weight excluding hydrogens is 635 g/mol. The molecule has 9 aromatic rings. The summed E-state index contributed by atoms with van der Waals surface area (Å²) >= 11 is 1.86. The van der Waals surface area contributed by atoms with Crippen molar-refractivity contribution < 1.29 is 0 Å². The van der Waals surface area contributed by atoms with Crippen LogP contribution in [0.25, 0.3) is 64.3 Å². The molecule has 2 heteroatoms. The van der Waals surface area contributed by atoms with Crippen LogP contribution in [0.2, 0.25) is 0 Å². The van der Waals surface area contributed by atoms with Crippen molar-refractivity contribution in [2.75, 3.05) is 4.90 Å². The molecule has 1 aliphatic carbocycles. The van der Waals surface area contributed by atoms with E-state index in [1.807, 2.05) is 11.3 Å². The number of nitrogens with zero attached hydrogens (tertiary/aromatic N) is 1. The SMILES string of the molecule is CC1(C)c2ccccc2-c2c(-c3ccc(N(c4cccc(-c5ccccc5)c4)c4cccc5sc6ccccc6c45)cc3)cc3ccccc3c21. The number of hydrogen-bond acceptors (Lipinski definition) is 2. The van der Waals surface area contributed by atoms with Gasteiger partial charge in [0.2, 0.25) is 0 Å². The topological polar surface area (TPSA) is 3.24 Å². The monoisotopic (exact) mass is 669 g/mol. The maximum Gasteiger partial charge on any atom is 0.0554 e. The van der Waals surface area contributed by atoms with E-state index in [2.05, 4.69) is 195 Å². The number of hydrogen-bond donors (Lipinski definition) is 0. The Balaban J connectivity index is 1.18. The molecule has 0 amide bonds. The molecule has 1 nitrogen and oxygen atoms in total. The normalized spacial score (nSPS) is 13.1. The van der Waals surface area contributed by atoms with Crippen molar-refractivity contribution in [1.29, 1.82) is 0 Å². The molecular formula is C49H35NS. The summed E-state index contributed by atoms with van der Waals surface area (Å²) in [4.78, 5) is 2.45. The van der Waals surface area contributed by atoms with Crippen LogP contribution in [-0.2, 0) is 5.41 Å². The van der Waals surface area contributed by atoms with Gasteiger partial charge < -0.3 is 4.90 Å². The molecule has 0 unspecified atom stereocenters. The smallest absolute Gasteiger partial charge is 0.0554 e. The molecule has 0 atom stereocenters. The summed E-state index contributed by atoms with van der Waals surface area (Å²) in [5.41, 5.74) is 13.8. The number of benzene rings is 8. The summed E-state index contributed by atoms with van der Waals surface area (Å²) in [5.74, 6) is 0. The minimum atomic E-state index is -0.0932. The third-order valence-electron chi connectivity index (χ3n) is 10.8. The van der Waals surface area contributed by atoms with Gasteiger partial charge in [0.25, 0.3) is 0 Å². The van der Waals surface area contributed by atoms with E-state index in [4.69, 9.17) is 0 Å². The van der Waals surface area contributed by atoms with Crippen molar-refractivity contribution in [2.24, 2.45) is 0 Å². The van der Waals surface area contributed by atoms with E-state index in [1.54, 1.807) is 0 Å². The first-order valence-electron chi connectivity index (χ1n) is 17.7. The number of anilines is 3. The lowest BCUT2D eigenvalue weighted by Crippen LogP contribution is -2.15. The molecule has 1 aromatic heterocycles. The van der Waals surface area contributed by atoms with Crippen LogP contribution < -0.4 is 4.90 Å². The minimum absolute atomic E-state index is 0.0932. The molecule has 242 valence electrons. The van der Waals surface area contributed by atoms with Gasteiger partial charge in [-0.05, 0) is 104 Å². The van der Waals surface area contributed by atoms with E-state index in [1.165, 1.54) is 81.1 Å². The largest absolute Gasteiger partial charge is 0.310 e. The highest BCUT2D eigenvalue weighted by Crippen LogP contribution is 2.55. The summed E-state index contributed by atoms with van der Waals surface area (Å²) in [6.07, 6.45) is 0. The molecule has 51 heavy (non-hydrogen) atoms. The average Bonchev–Trinajstić information content (AvgIpc) is 3.68. The zero-order valence-electron chi connectivity index (χ0n) is 28.6. The van der Waals surface area contributed by atoms with Crippen molar-refractivity contribution >= 4 is 59.3 Å². The quantitative estimate of drug-likeness (QED) is 0.176. The van der Waals surface area contributed by atoms with Crippen LogP contribution in [0, 0.1) is 0 Å². The second-order valence-electron chi connectivity index (χ2n) is 14.1. The van der Waals surface area contributed by atoms with Crippen molar-refractivity contribution in [3.8, 4) is 33.4 Å². The lowest BCUT2D eigenvalue weighted by Gasteiger charge is -2.27. The van der Waals surface area contributed by atoms with E-state index in [9.17, 15) is 0 Å². The van der Waals surface area contributed by atoms with Crippen LogP contribution in [-0.4, -0.2) is 0 Å². The van der Waals surface area contributed by atoms with Crippen molar-refractivity contribution in [3.63, 3.8) is 0 Å². The molecule has 0 bridgehead atoms. The average molecular weight is 670 g/mol. The second kappa shape index (κ2) is 11.6. The highest BCUT2D eigenvalue weighted by atomic mass is 32.1. The lowest BCUT2D eigenvalue weighted by atomic mass is 9.79. The highest BCUT2D eigenvalue weighted by molar-refractivity contribution is 7.26. The van der Waals surface area contributed by atoms with E-state index in [0.717, 1.165) is 11.4 Å². The van der Waals surface area contributed by atoms with Crippen molar-refractivity contribution in [1.82, 2.24) is 0 Å². The minimum Gasteiger partial charge on any atom is -0.310 e. The molecule has 1 heterocycles. The number of fused-ring (bicyclic) bond motifs is 8. The van der Waals surface area contributed by atoms with E-state index in [0.29, 0.717) is 0 Å². The summed E-state index contributed by atoms with van der Waals surface area (Å²) in [6, 6.07) is 64.7. The number of rotatable bonds is 5. The van der Waals surface area contributed by atoms with E-state index in [-0.39, 0.29) is 5.41 Å². The van der Waals surface area contributed by atoms with Gasteiger partial charge in [-0.15, -0.1) is 11.3 Å². The van der Waals surface area contributed by atoms with Crippen LogP contribution in [0.5, 0.6) is 0 Å². The summed E-state index contributed by atoms with van der Waals surface area (Å²) in [5, 5.41) is 5.21. The molecule has 0 fully saturated rings. The molecule has 10 rings (SSSR count). The summed E-state index contributed by atoms with van der Waals surface area (Å²) in [6.45, 7) is 4.76. The fourth-order valence-electron chi connectivity index (χ4n) is 8.50. The van der Waals surface area contributed by atoms with Gasteiger partial charge >= 0.3 is 0 Å². The van der Waals surface area contributed by atoms with Crippen LogP contribution in [0.1, 0.15) is 25.0 Å². The molecule has 0 radical (unpaired) electrons. The van der Waals surface area contributed by atoms with Gasteiger partial charge in [-0.25, -0.2) is 0 Å². The molecule has 1 aliphatic rings. The first-order chi connectivity index (χ1) is 25.1. The second-order valence-corrected chi connectivity index (χ2v) is 15.2. The van der Waals surface area contributed by atoms with Crippen molar-refractivity contribution in [2.45, 2.75) is 19.3 Å². The fraction of sp³-hybridized carbons (Fsp3) is 0.0612. The molecule has 0 N–H and O–H groups in total. The Morgan fingerprint density at radius 1 is 0.471 bits per heavy atom. The lowest BCUT2D eigenvalue weighted by molar-refractivity contribution is 0.666. The van der Waals surface area contributed by atoms with Gasteiger partial charge in [-0.2, -0.15) is 0 Å².